The summed E-state index contributed by atoms with van der Waals surface area (Å²) in [6, 6.07) is 1.97. The van der Waals surface area contributed by atoms with Crippen LogP contribution in [0.1, 0.15) is 49.8 Å². The number of hydrogen-bond donors (Lipinski definition) is 1. The van der Waals surface area contributed by atoms with Crippen molar-refractivity contribution in [2.75, 3.05) is 0 Å². The van der Waals surface area contributed by atoms with E-state index < -0.39 is 0 Å². The highest BCUT2D eigenvalue weighted by molar-refractivity contribution is 5.25. The van der Waals surface area contributed by atoms with Crippen LogP contribution >= 0.6 is 0 Å². The van der Waals surface area contributed by atoms with Gasteiger partial charge in [-0.05, 0) is 36.8 Å². The summed E-state index contributed by atoms with van der Waals surface area (Å²) in [5.41, 5.74) is 2.21. The van der Waals surface area contributed by atoms with Gasteiger partial charge in [0.1, 0.15) is 0 Å². The van der Waals surface area contributed by atoms with Crippen molar-refractivity contribution in [1.82, 2.24) is 4.98 Å². The Morgan fingerprint density at radius 1 is 1.40 bits per heavy atom. The lowest BCUT2D eigenvalue weighted by molar-refractivity contribution is 0.0400. The zero-order chi connectivity index (χ0) is 10.9. The normalized spacial score (nSPS) is 21.5. The van der Waals surface area contributed by atoms with Crippen LogP contribution in [0.2, 0.25) is 0 Å². The minimum atomic E-state index is -0.353. The van der Waals surface area contributed by atoms with E-state index in [2.05, 4.69) is 11.9 Å². The van der Waals surface area contributed by atoms with E-state index >= 15 is 0 Å². The van der Waals surface area contributed by atoms with Crippen molar-refractivity contribution in [3.8, 4) is 0 Å². The molecule has 2 nitrogen and oxygen atoms in total. The van der Waals surface area contributed by atoms with E-state index in [9.17, 15) is 5.11 Å². The minimum Gasteiger partial charge on any atom is -0.388 e. The Morgan fingerprint density at radius 3 is 2.67 bits per heavy atom. The maximum atomic E-state index is 10.4. The molecule has 1 aromatic heterocycles. The fourth-order valence-corrected chi connectivity index (χ4v) is 2.59. The predicted octanol–water partition coefficient (Wildman–Crippen LogP) is 3.00. The maximum absolute atomic E-state index is 10.4. The number of aliphatic hydroxyl groups is 1. The van der Waals surface area contributed by atoms with Gasteiger partial charge in [-0.3, -0.25) is 4.98 Å². The molecule has 15 heavy (non-hydrogen) atoms. The molecule has 1 N–H and O–H groups in total. The molecule has 0 spiro atoms. The zero-order valence-corrected chi connectivity index (χ0v) is 9.53. The van der Waals surface area contributed by atoms with Crippen LogP contribution in [0.15, 0.2) is 18.5 Å². The van der Waals surface area contributed by atoms with Crippen LogP contribution in [-0.4, -0.2) is 10.1 Å². The quantitative estimate of drug-likeness (QED) is 0.805. The van der Waals surface area contributed by atoms with E-state index in [1.807, 2.05) is 19.2 Å². The monoisotopic (exact) mass is 205 g/mol. The first-order valence-corrected chi connectivity index (χ1v) is 5.72. The Morgan fingerprint density at radius 2 is 2.07 bits per heavy atom. The van der Waals surface area contributed by atoms with Crippen LogP contribution in [0.4, 0.5) is 0 Å². The van der Waals surface area contributed by atoms with Crippen molar-refractivity contribution in [1.29, 1.82) is 0 Å². The van der Waals surface area contributed by atoms with Gasteiger partial charge in [0.25, 0.3) is 0 Å². The number of nitrogens with zero attached hydrogens (tertiary/aromatic N) is 1. The predicted molar refractivity (Wildman–Crippen MR) is 60.5 cm³/mol. The molecule has 82 valence electrons. The number of pyridine rings is 1. The largest absolute Gasteiger partial charge is 0.388 e. The zero-order valence-electron chi connectivity index (χ0n) is 9.53. The van der Waals surface area contributed by atoms with Gasteiger partial charge in [-0.15, -0.1) is 0 Å². The lowest BCUT2D eigenvalue weighted by Crippen LogP contribution is -2.22. The van der Waals surface area contributed by atoms with Crippen LogP contribution in [-0.2, 0) is 0 Å². The molecule has 1 atom stereocenters. The van der Waals surface area contributed by atoms with Crippen LogP contribution in [0.25, 0.3) is 0 Å². The molecule has 1 saturated carbocycles. The molecule has 2 rings (SSSR count). The molecule has 1 aromatic rings. The highest BCUT2D eigenvalue weighted by atomic mass is 16.3. The summed E-state index contributed by atoms with van der Waals surface area (Å²) in [5, 5.41) is 10.4. The Labute approximate surface area is 91.4 Å². The van der Waals surface area contributed by atoms with E-state index in [4.69, 9.17) is 0 Å². The first-order chi connectivity index (χ1) is 7.13. The average molecular weight is 205 g/mol. The minimum absolute atomic E-state index is 0.0633. The van der Waals surface area contributed by atoms with Crippen LogP contribution in [0.3, 0.4) is 0 Å². The van der Waals surface area contributed by atoms with Gasteiger partial charge in [-0.1, -0.05) is 19.8 Å². The SMILES string of the molecule is Cc1ccncc1C(O)C1(C)CCCC1. The second-order valence-corrected chi connectivity index (χ2v) is 5.00. The van der Waals surface area contributed by atoms with E-state index in [1.54, 1.807) is 6.20 Å². The molecule has 0 saturated heterocycles. The molecule has 1 aliphatic carbocycles. The molecule has 1 fully saturated rings. The van der Waals surface area contributed by atoms with Gasteiger partial charge in [0.2, 0.25) is 0 Å². The topological polar surface area (TPSA) is 33.1 Å². The van der Waals surface area contributed by atoms with E-state index in [0.29, 0.717) is 0 Å². The molecule has 1 heterocycles. The van der Waals surface area contributed by atoms with Gasteiger partial charge < -0.3 is 5.11 Å². The fraction of sp³-hybridized carbons (Fsp3) is 0.615. The lowest BCUT2D eigenvalue weighted by atomic mass is 9.79. The van der Waals surface area contributed by atoms with Crippen LogP contribution in [0, 0.1) is 12.3 Å². The lowest BCUT2D eigenvalue weighted by Gasteiger charge is -2.30. The number of hydrogen-bond acceptors (Lipinski definition) is 2. The smallest absolute Gasteiger partial charge is 0.0860 e. The number of aliphatic hydroxyl groups excluding tert-OH is 1. The van der Waals surface area contributed by atoms with Crippen molar-refractivity contribution in [2.45, 2.75) is 45.6 Å². The molecule has 1 unspecified atom stereocenters. The Balaban J connectivity index is 2.27. The fourth-order valence-electron chi connectivity index (χ4n) is 2.59. The summed E-state index contributed by atoms with van der Waals surface area (Å²) in [6.07, 6.45) is 7.98. The van der Waals surface area contributed by atoms with Gasteiger partial charge in [-0.25, -0.2) is 0 Å². The third-order valence-electron chi connectivity index (χ3n) is 3.78. The molecular weight excluding hydrogens is 186 g/mol. The summed E-state index contributed by atoms with van der Waals surface area (Å²) in [6.45, 7) is 4.23. The van der Waals surface area contributed by atoms with Crippen LogP contribution < -0.4 is 0 Å². The maximum Gasteiger partial charge on any atom is 0.0860 e. The van der Waals surface area contributed by atoms with Crippen molar-refractivity contribution in [3.63, 3.8) is 0 Å². The standard InChI is InChI=1S/C13H19NO/c1-10-5-8-14-9-11(10)12(15)13(2)6-3-4-7-13/h5,8-9,12,15H,3-4,6-7H2,1-2H3. The molecule has 0 aromatic carbocycles. The summed E-state index contributed by atoms with van der Waals surface area (Å²) in [4.78, 5) is 4.11. The first kappa shape index (κ1) is 10.6. The first-order valence-electron chi connectivity index (χ1n) is 5.72. The highest BCUT2D eigenvalue weighted by Crippen LogP contribution is 2.47. The number of aryl methyl sites for hydroxylation is 1. The third kappa shape index (κ3) is 1.91. The van der Waals surface area contributed by atoms with Gasteiger partial charge >= 0.3 is 0 Å². The molecular formula is C13H19NO. The Kier molecular flexibility index (Phi) is 2.79. The third-order valence-corrected chi connectivity index (χ3v) is 3.78. The van der Waals surface area contributed by atoms with Gasteiger partial charge in [0, 0.05) is 18.0 Å². The van der Waals surface area contributed by atoms with Crippen LogP contribution in [0.5, 0.6) is 0 Å². The Bertz CT molecular complexity index is 342. The number of rotatable bonds is 2. The van der Waals surface area contributed by atoms with E-state index in [0.717, 1.165) is 24.0 Å². The van der Waals surface area contributed by atoms with Gasteiger partial charge in [-0.2, -0.15) is 0 Å². The molecule has 0 aliphatic heterocycles. The van der Waals surface area contributed by atoms with E-state index in [-0.39, 0.29) is 11.5 Å². The Hall–Kier alpha value is -0.890. The molecule has 2 heteroatoms. The molecule has 0 amide bonds. The molecule has 0 bridgehead atoms. The average Bonchev–Trinajstić information content (AvgIpc) is 2.66. The van der Waals surface area contributed by atoms with Crippen molar-refractivity contribution >= 4 is 0 Å². The van der Waals surface area contributed by atoms with Crippen molar-refractivity contribution in [3.05, 3.63) is 29.6 Å². The van der Waals surface area contributed by atoms with E-state index in [1.165, 1.54) is 12.8 Å². The summed E-state index contributed by atoms with van der Waals surface area (Å²) in [7, 11) is 0. The second-order valence-electron chi connectivity index (χ2n) is 5.00. The molecule has 1 aliphatic rings. The second kappa shape index (κ2) is 3.93. The molecule has 0 radical (unpaired) electrons. The van der Waals surface area contributed by atoms with Gasteiger partial charge in [0.05, 0.1) is 6.10 Å². The number of aromatic nitrogens is 1. The van der Waals surface area contributed by atoms with Crippen molar-refractivity contribution < 1.29 is 5.11 Å². The van der Waals surface area contributed by atoms with Gasteiger partial charge in [0.15, 0.2) is 0 Å². The summed E-state index contributed by atoms with van der Waals surface area (Å²) in [5.74, 6) is 0. The highest BCUT2D eigenvalue weighted by Gasteiger charge is 2.37. The van der Waals surface area contributed by atoms with Crippen molar-refractivity contribution in [2.24, 2.45) is 5.41 Å². The summed E-state index contributed by atoms with van der Waals surface area (Å²) >= 11 is 0. The summed E-state index contributed by atoms with van der Waals surface area (Å²) < 4.78 is 0.